The van der Waals surface area contributed by atoms with Crippen LogP contribution in [-0.2, 0) is 11.3 Å². The van der Waals surface area contributed by atoms with E-state index >= 15 is 0 Å². The Morgan fingerprint density at radius 2 is 2.16 bits per heavy atom. The van der Waals surface area contributed by atoms with Crippen molar-refractivity contribution >= 4 is 17.6 Å². The van der Waals surface area contributed by atoms with Crippen molar-refractivity contribution in [1.82, 2.24) is 9.55 Å². The molecular formula is C19H23F2N5O5. The first-order valence-electron chi connectivity index (χ1n) is 9.67. The molecule has 10 nitrogen and oxygen atoms in total. The van der Waals surface area contributed by atoms with Crippen LogP contribution in [0.15, 0.2) is 18.3 Å². The largest absolute Gasteiger partial charge is 0.491 e. The molecule has 4 N–H and O–H groups in total. The number of ether oxygens (including phenoxy) is 3. The Bertz CT molecular complexity index is 983. The van der Waals surface area contributed by atoms with Crippen molar-refractivity contribution in [1.29, 1.82) is 0 Å². The lowest BCUT2D eigenvalue weighted by Crippen LogP contribution is -2.38. The van der Waals surface area contributed by atoms with E-state index in [4.69, 9.17) is 19.9 Å². The average molecular weight is 439 g/mol. The van der Waals surface area contributed by atoms with E-state index in [0.717, 1.165) is 4.90 Å². The smallest absolute Gasteiger partial charge is 0.416 e. The molecule has 0 bridgehead atoms. The molecule has 0 aliphatic carbocycles. The number of hydrogen-bond donors (Lipinski definition) is 3. The number of aromatic nitrogens is 2. The topological polar surface area (TPSA) is 124 Å². The molecule has 2 aliphatic heterocycles. The van der Waals surface area contributed by atoms with Crippen molar-refractivity contribution in [2.75, 3.05) is 30.5 Å². The molecule has 31 heavy (non-hydrogen) atoms. The summed E-state index contributed by atoms with van der Waals surface area (Å²) in [5.74, 6) is 1.30. The number of hydrogen-bond acceptors (Lipinski definition) is 8. The molecule has 3 heterocycles. The predicted molar refractivity (Wildman–Crippen MR) is 107 cm³/mol. The number of alkyl halides is 2. The number of anilines is 2. The fourth-order valence-electron chi connectivity index (χ4n) is 3.56. The predicted octanol–water partition coefficient (Wildman–Crippen LogP) is 1.62. The van der Waals surface area contributed by atoms with E-state index in [2.05, 4.69) is 10.3 Å². The number of rotatable bonds is 6. The molecule has 1 saturated heterocycles. The molecule has 2 aliphatic rings. The van der Waals surface area contributed by atoms with Gasteiger partial charge in [0.25, 0.3) is 6.43 Å². The third-order valence-electron chi connectivity index (χ3n) is 5.24. The van der Waals surface area contributed by atoms with Gasteiger partial charge < -0.3 is 34.9 Å². The standard InChI is InChI=1S/C19H23F2N5O5/c1-9(17(22)27)23-11-4-3-10-14(15(11)29-2)30-6-5-25-7-13(24-18(10)25)26-12(16(20)21)8-31-19(26)28/h3-4,7,9,12,16-17,23,27H,5-6,8,22H2,1-2H3/t9-,12-,17?/m0/s1. The van der Waals surface area contributed by atoms with E-state index in [1.165, 1.54) is 13.3 Å². The van der Waals surface area contributed by atoms with Crippen molar-refractivity contribution in [2.45, 2.75) is 38.2 Å². The minimum atomic E-state index is -2.77. The van der Waals surface area contributed by atoms with Gasteiger partial charge >= 0.3 is 6.09 Å². The van der Waals surface area contributed by atoms with Gasteiger partial charge in [-0.1, -0.05) is 0 Å². The summed E-state index contributed by atoms with van der Waals surface area (Å²) in [6, 6.07) is 1.60. The number of imidazole rings is 1. The van der Waals surface area contributed by atoms with Crippen molar-refractivity contribution in [3.8, 4) is 22.9 Å². The normalized spacial score (nSPS) is 19.8. The third kappa shape index (κ3) is 3.72. The summed E-state index contributed by atoms with van der Waals surface area (Å²) >= 11 is 0. The number of carbonyl (C=O) groups excluding carboxylic acids is 1. The number of nitrogens with two attached hydrogens (primary N) is 1. The molecule has 1 amide bonds. The number of nitrogens with one attached hydrogen (secondary N) is 1. The van der Waals surface area contributed by atoms with Crippen LogP contribution in [0.3, 0.4) is 0 Å². The molecule has 3 atom stereocenters. The van der Waals surface area contributed by atoms with E-state index in [1.54, 1.807) is 23.6 Å². The Balaban J connectivity index is 1.75. The van der Waals surface area contributed by atoms with Gasteiger partial charge in [0.15, 0.2) is 17.3 Å². The summed E-state index contributed by atoms with van der Waals surface area (Å²) in [5, 5.41) is 12.7. The first-order chi connectivity index (χ1) is 14.8. The van der Waals surface area contributed by atoms with Gasteiger partial charge in [0.1, 0.15) is 31.3 Å². The number of methoxy groups -OCH3 is 1. The van der Waals surface area contributed by atoms with Crippen LogP contribution in [0, 0.1) is 0 Å². The van der Waals surface area contributed by atoms with Gasteiger partial charge in [-0.25, -0.2) is 23.5 Å². The second-order valence-electron chi connectivity index (χ2n) is 7.26. The number of amides is 1. The molecule has 0 radical (unpaired) electrons. The van der Waals surface area contributed by atoms with Crippen LogP contribution >= 0.6 is 0 Å². The maximum Gasteiger partial charge on any atom is 0.416 e. The second-order valence-corrected chi connectivity index (χ2v) is 7.26. The molecule has 0 spiro atoms. The quantitative estimate of drug-likeness (QED) is 0.580. The van der Waals surface area contributed by atoms with E-state index < -0.39 is 37.4 Å². The number of carbonyl (C=O) groups is 1. The number of halogens is 2. The van der Waals surface area contributed by atoms with Gasteiger partial charge in [-0.15, -0.1) is 0 Å². The van der Waals surface area contributed by atoms with Gasteiger partial charge in [0.2, 0.25) is 0 Å². The molecule has 4 rings (SSSR count). The Hall–Kier alpha value is -3.12. The minimum absolute atomic E-state index is 0.0803. The first-order valence-corrected chi connectivity index (χ1v) is 9.67. The van der Waals surface area contributed by atoms with E-state index in [1.807, 2.05) is 0 Å². The van der Waals surface area contributed by atoms with Gasteiger partial charge in [0, 0.05) is 6.20 Å². The maximum atomic E-state index is 13.4. The zero-order valence-electron chi connectivity index (χ0n) is 16.9. The summed E-state index contributed by atoms with van der Waals surface area (Å²) in [4.78, 5) is 17.4. The highest BCUT2D eigenvalue weighted by Crippen LogP contribution is 2.45. The summed E-state index contributed by atoms with van der Waals surface area (Å²) in [5.41, 5.74) is 6.64. The molecule has 1 aromatic carbocycles. The molecule has 1 fully saturated rings. The van der Waals surface area contributed by atoms with Crippen LogP contribution in [0.2, 0.25) is 0 Å². The lowest BCUT2D eigenvalue weighted by molar-refractivity contribution is 0.104. The van der Waals surface area contributed by atoms with E-state index in [9.17, 15) is 18.7 Å². The van der Waals surface area contributed by atoms with Crippen molar-refractivity contribution in [3.63, 3.8) is 0 Å². The molecule has 1 aromatic heterocycles. The molecule has 168 valence electrons. The highest BCUT2D eigenvalue weighted by molar-refractivity contribution is 5.90. The molecule has 2 aromatic rings. The van der Waals surface area contributed by atoms with Gasteiger partial charge in [-0.3, -0.25) is 0 Å². The maximum absolute atomic E-state index is 13.4. The SMILES string of the molecule is COc1c(N[C@@H](C)C(N)O)ccc2c1OCCn1cc(N3C(=O)OC[C@H]3C(F)F)nc1-2. The Morgan fingerprint density at radius 3 is 2.84 bits per heavy atom. The highest BCUT2D eigenvalue weighted by atomic mass is 19.3. The van der Waals surface area contributed by atoms with Crippen LogP contribution in [0.1, 0.15) is 6.92 Å². The van der Waals surface area contributed by atoms with Crippen LogP contribution in [0.5, 0.6) is 11.5 Å². The van der Waals surface area contributed by atoms with Crippen molar-refractivity contribution in [3.05, 3.63) is 18.3 Å². The van der Waals surface area contributed by atoms with Gasteiger partial charge in [-0.2, -0.15) is 0 Å². The number of benzene rings is 1. The van der Waals surface area contributed by atoms with Crippen LogP contribution in [0.25, 0.3) is 11.4 Å². The number of nitrogens with zero attached hydrogens (tertiary/aromatic N) is 3. The molecule has 0 saturated carbocycles. The molecule has 12 heteroatoms. The lowest BCUT2D eigenvalue weighted by atomic mass is 10.1. The average Bonchev–Trinajstić information content (AvgIpc) is 3.27. The zero-order chi connectivity index (χ0) is 22.3. The summed E-state index contributed by atoms with van der Waals surface area (Å²) in [6.07, 6.45) is -3.19. The first kappa shape index (κ1) is 21.1. The summed E-state index contributed by atoms with van der Waals surface area (Å²) < 4.78 is 44.7. The summed E-state index contributed by atoms with van der Waals surface area (Å²) in [7, 11) is 1.48. The molecular weight excluding hydrogens is 416 g/mol. The summed E-state index contributed by atoms with van der Waals surface area (Å²) in [6.45, 7) is 1.95. The number of cyclic esters (lactones) is 1. The minimum Gasteiger partial charge on any atom is -0.491 e. The second kappa shape index (κ2) is 8.19. The third-order valence-corrected chi connectivity index (χ3v) is 5.24. The fourth-order valence-corrected chi connectivity index (χ4v) is 3.56. The van der Waals surface area contributed by atoms with E-state index in [-0.39, 0.29) is 12.4 Å². The highest BCUT2D eigenvalue weighted by Gasteiger charge is 2.42. The van der Waals surface area contributed by atoms with Gasteiger partial charge in [-0.05, 0) is 19.1 Å². The van der Waals surface area contributed by atoms with Crippen LogP contribution in [0.4, 0.5) is 25.1 Å². The van der Waals surface area contributed by atoms with Crippen LogP contribution in [-0.4, -0.2) is 65.8 Å². The zero-order valence-corrected chi connectivity index (χ0v) is 16.9. The lowest BCUT2D eigenvalue weighted by Gasteiger charge is -2.21. The van der Waals surface area contributed by atoms with Gasteiger partial charge in [0.05, 0.1) is 30.9 Å². The Morgan fingerprint density at radius 1 is 1.39 bits per heavy atom. The fraction of sp³-hybridized carbons (Fsp3) is 0.474. The number of aliphatic hydroxyl groups excluding tert-OH is 1. The Kier molecular flexibility index (Phi) is 5.58. The van der Waals surface area contributed by atoms with Crippen molar-refractivity contribution in [2.24, 2.45) is 5.73 Å². The number of aliphatic hydroxyl groups is 1. The van der Waals surface area contributed by atoms with Crippen molar-refractivity contribution < 1.29 is 32.9 Å². The van der Waals surface area contributed by atoms with Crippen LogP contribution < -0.4 is 25.4 Å². The number of fused-ring (bicyclic) bond motifs is 3. The monoisotopic (exact) mass is 439 g/mol. The van der Waals surface area contributed by atoms with E-state index in [0.29, 0.717) is 35.1 Å². The molecule has 1 unspecified atom stereocenters. The Labute approximate surface area is 176 Å².